The average Bonchev–Trinajstić information content (AvgIpc) is 2.54. The summed E-state index contributed by atoms with van der Waals surface area (Å²) in [6, 6.07) is 0. The van der Waals surface area contributed by atoms with E-state index < -0.39 is 11.1 Å². The van der Waals surface area contributed by atoms with Crippen LogP contribution in [0.5, 0.6) is 0 Å². The topological polar surface area (TPSA) is 40.5 Å². The third-order valence-electron chi connectivity index (χ3n) is 3.88. The Morgan fingerprint density at radius 2 is 1.42 bits per heavy atom. The first-order chi connectivity index (χ1) is 9.03. The quantitative estimate of drug-likeness (QED) is 0.680. The van der Waals surface area contributed by atoms with Gasteiger partial charge >= 0.3 is 0 Å². The highest BCUT2D eigenvalue weighted by molar-refractivity contribution is 5.92. The van der Waals surface area contributed by atoms with Gasteiger partial charge in [-0.2, -0.15) is 5.06 Å². The Morgan fingerprint density at radius 3 is 1.79 bits per heavy atom. The highest BCUT2D eigenvalue weighted by Crippen LogP contribution is 2.45. The molecule has 1 rings (SSSR count). The van der Waals surface area contributed by atoms with Gasteiger partial charge in [-0.3, -0.25) is 4.79 Å². The van der Waals surface area contributed by atoms with E-state index in [9.17, 15) is 10.0 Å². The van der Waals surface area contributed by atoms with Gasteiger partial charge in [0.05, 0.1) is 5.54 Å². The second-order valence-electron chi connectivity index (χ2n) is 5.14. The first kappa shape index (κ1) is 15.6. The molecule has 104 valence electrons. The molecular formula is C16H23NO2. The van der Waals surface area contributed by atoms with Crippen molar-refractivity contribution in [3.05, 3.63) is 50.6 Å². The van der Waals surface area contributed by atoms with Gasteiger partial charge in [0, 0.05) is 6.42 Å². The van der Waals surface area contributed by atoms with Gasteiger partial charge in [-0.15, -0.1) is 26.3 Å². The summed E-state index contributed by atoms with van der Waals surface area (Å²) in [6.45, 7) is 14.8. The highest BCUT2D eigenvalue weighted by Gasteiger charge is 2.58. The molecule has 0 unspecified atom stereocenters. The van der Waals surface area contributed by atoms with E-state index in [0.29, 0.717) is 32.1 Å². The molecule has 1 N–H and O–H groups in total. The number of Topliss-reactive ketones (excluding diaryl/α,β-unsaturated/α-hetero) is 1. The fraction of sp³-hybridized carbons (Fsp3) is 0.438. The lowest BCUT2D eigenvalue weighted by Crippen LogP contribution is -2.53. The van der Waals surface area contributed by atoms with E-state index in [1.54, 1.807) is 24.3 Å². The highest BCUT2D eigenvalue weighted by atomic mass is 16.5. The fourth-order valence-corrected chi connectivity index (χ4v) is 3.01. The fourth-order valence-electron chi connectivity index (χ4n) is 3.01. The lowest BCUT2D eigenvalue weighted by atomic mass is 9.87. The number of hydrogen-bond acceptors (Lipinski definition) is 3. The van der Waals surface area contributed by atoms with Crippen molar-refractivity contribution in [2.75, 3.05) is 0 Å². The maximum absolute atomic E-state index is 12.5. The van der Waals surface area contributed by atoms with Gasteiger partial charge in [-0.25, -0.2) is 0 Å². The Morgan fingerprint density at radius 1 is 1.00 bits per heavy atom. The van der Waals surface area contributed by atoms with Gasteiger partial charge in [0.25, 0.3) is 0 Å². The Hall–Kier alpha value is -1.45. The number of hydroxylamine groups is 2. The molecule has 1 fully saturated rings. The van der Waals surface area contributed by atoms with Crippen LogP contribution < -0.4 is 0 Å². The molecule has 1 aliphatic rings. The maximum atomic E-state index is 12.5. The zero-order valence-electron chi connectivity index (χ0n) is 11.5. The SMILES string of the molecule is C=CCC1(CC=C)CC(=O)C(CC=C)(CC=C)N1O. The minimum Gasteiger partial charge on any atom is -0.312 e. The number of carbonyl (C=O) groups excluding carboxylic acids is 1. The Balaban J connectivity index is 3.24. The normalized spacial score (nSPS) is 21.0. The molecule has 0 aromatic heterocycles. The van der Waals surface area contributed by atoms with Crippen molar-refractivity contribution in [3.63, 3.8) is 0 Å². The van der Waals surface area contributed by atoms with Crippen molar-refractivity contribution < 1.29 is 10.0 Å². The van der Waals surface area contributed by atoms with Crippen LogP contribution in [0.4, 0.5) is 0 Å². The summed E-state index contributed by atoms with van der Waals surface area (Å²) in [5.74, 6) is 0.0264. The van der Waals surface area contributed by atoms with Crippen molar-refractivity contribution in [2.24, 2.45) is 0 Å². The molecule has 0 aliphatic carbocycles. The summed E-state index contributed by atoms with van der Waals surface area (Å²) in [7, 11) is 0. The zero-order valence-corrected chi connectivity index (χ0v) is 11.5. The minimum atomic E-state index is -0.935. The van der Waals surface area contributed by atoms with E-state index in [1.165, 1.54) is 5.06 Å². The molecular weight excluding hydrogens is 238 g/mol. The summed E-state index contributed by atoms with van der Waals surface area (Å²) in [4.78, 5) is 12.5. The molecule has 0 bridgehead atoms. The monoisotopic (exact) mass is 261 g/mol. The van der Waals surface area contributed by atoms with Crippen LogP contribution in [0.25, 0.3) is 0 Å². The summed E-state index contributed by atoms with van der Waals surface area (Å²) in [5, 5.41) is 11.9. The lowest BCUT2D eigenvalue weighted by molar-refractivity contribution is -0.208. The van der Waals surface area contributed by atoms with E-state index in [4.69, 9.17) is 0 Å². The van der Waals surface area contributed by atoms with Crippen LogP contribution in [0.1, 0.15) is 32.1 Å². The second kappa shape index (κ2) is 6.13. The second-order valence-corrected chi connectivity index (χ2v) is 5.14. The first-order valence-corrected chi connectivity index (χ1v) is 6.49. The molecule has 0 saturated carbocycles. The van der Waals surface area contributed by atoms with Crippen molar-refractivity contribution >= 4 is 5.78 Å². The molecule has 3 heteroatoms. The zero-order chi connectivity index (χ0) is 14.5. The molecule has 0 amide bonds. The smallest absolute Gasteiger partial charge is 0.158 e. The molecule has 1 aliphatic heterocycles. The molecule has 1 heterocycles. The molecule has 0 aromatic rings. The third-order valence-corrected chi connectivity index (χ3v) is 3.88. The van der Waals surface area contributed by atoms with Gasteiger partial charge in [0.15, 0.2) is 5.78 Å². The number of rotatable bonds is 8. The number of hydrogen-bond donors (Lipinski definition) is 1. The largest absolute Gasteiger partial charge is 0.312 e. The van der Waals surface area contributed by atoms with Crippen molar-refractivity contribution in [1.82, 2.24) is 5.06 Å². The van der Waals surface area contributed by atoms with Crippen LogP contribution >= 0.6 is 0 Å². The van der Waals surface area contributed by atoms with E-state index >= 15 is 0 Å². The number of ketones is 1. The predicted molar refractivity (Wildman–Crippen MR) is 78.0 cm³/mol. The van der Waals surface area contributed by atoms with Crippen molar-refractivity contribution in [3.8, 4) is 0 Å². The van der Waals surface area contributed by atoms with Crippen LogP contribution in [-0.2, 0) is 4.79 Å². The van der Waals surface area contributed by atoms with Crippen LogP contribution in [0, 0.1) is 0 Å². The van der Waals surface area contributed by atoms with Crippen molar-refractivity contribution in [1.29, 1.82) is 0 Å². The predicted octanol–water partition coefficient (Wildman–Crippen LogP) is 3.43. The van der Waals surface area contributed by atoms with Crippen LogP contribution in [0.2, 0.25) is 0 Å². The lowest BCUT2D eigenvalue weighted by Gasteiger charge is -2.40. The summed E-state index contributed by atoms with van der Waals surface area (Å²) < 4.78 is 0. The summed E-state index contributed by atoms with van der Waals surface area (Å²) >= 11 is 0. The van der Waals surface area contributed by atoms with Gasteiger partial charge in [-0.05, 0) is 25.7 Å². The Bertz CT molecular complexity index is 378. The number of nitrogens with zero attached hydrogens (tertiary/aromatic N) is 1. The molecule has 0 aromatic carbocycles. The summed E-state index contributed by atoms with van der Waals surface area (Å²) in [6.07, 6.45) is 8.99. The molecule has 0 atom stereocenters. The summed E-state index contributed by atoms with van der Waals surface area (Å²) in [5.41, 5.74) is -1.57. The van der Waals surface area contributed by atoms with Crippen molar-refractivity contribution in [2.45, 2.75) is 43.2 Å². The van der Waals surface area contributed by atoms with E-state index in [0.717, 1.165) is 0 Å². The number of carbonyl (C=O) groups is 1. The van der Waals surface area contributed by atoms with Crippen LogP contribution in [-0.4, -0.2) is 27.1 Å². The minimum absolute atomic E-state index is 0.0264. The standard InChI is InChI=1S/C16H23NO2/c1-5-9-15(10-6-2)13-14(18)16(11-7-3,12-8-4)17(15)19/h5-8,19H,1-4,9-13H2. The van der Waals surface area contributed by atoms with E-state index in [2.05, 4.69) is 26.3 Å². The van der Waals surface area contributed by atoms with Gasteiger partial charge in [0.2, 0.25) is 0 Å². The molecule has 1 saturated heterocycles. The molecule has 0 spiro atoms. The molecule has 0 radical (unpaired) electrons. The van der Waals surface area contributed by atoms with Gasteiger partial charge in [-0.1, -0.05) is 24.3 Å². The molecule has 19 heavy (non-hydrogen) atoms. The van der Waals surface area contributed by atoms with E-state index in [1.807, 2.05) is 0 Å². The molecule has 3 nitrogen and oxygen atoms in total. The van der Waals surface area contributed by atoms with Crippen LogP contribution in [0.3, 0.4) is 0 Å². The van der Waals surface area contributed by atoms with E-state index in [-0.39, 0.29) is 5.78 Å². The first-order valence-electron chi connectivity index (χ1n) is 6.49. The Kier molecular flexibility index (Phi) is 5.04. The van der Waals surface area contributed by atoms with Crippen LogP contribution in [0.15, 0.2) is 50.6 Å². The average molecular weight is 261 g/mol. The maximum Gasteiger partial charge on any atom is 0.158 e. The third kappa shape index (κ3) is 2.48. The van der Waals surface area contributed by atoms with Gasteiger partial charge < -0.3 is 5.21 Å². The Labute approximate surface area is 115 Å². The van der Waals surface area contributed by atoms with Gasteiger partial charge in [0.1, 0.15) is 5.54 Å².